The van der Waals surface area contributed by atoms with E-state index in [0.717, 1.165) is 0 Å². The lowest BCUT2D eigenvalue weighted by Crippen LogP contribution is -2.10. The Morgan fingerprint density at radius 1 is 1.03 bits per heavy atom. The first-order valence-corrected chi connectivity index (χ1v) is 8.74. The van der Waals surface area contributed by atoms with E-state index >= 15 is 0 Å². The Morgan fingerprint density at radius 2 is 1.79 bits per heavy atom. The van der Waals surface area contributed by atoms with E-state index in [0.29, 0.717) is 16.9 Å². The van der Waals surface area contributed by atoms with Crippen molar-refractivity contribution in [3.05, 3.63) is 95.0 Å². The summed E-state index contributed by atoms with van der Waals surface area (Å²) in [6, 6.07) is 16.9. The summed E-state index contributed by atoms with van der Waals surface area (Å²) < 4.78 is 29.2. The molecule has 3 aromatic carbocycles. The molecule has 0 N–H and O–H groups in total. The Balaban J connectivity index is 1.56. The van der Waals surface area contributed by atoms with E-state index in [4.69, 9.17) is 14.2 Å². The van der Waals surface area contributed by atoms with Gasteiger partial charge in [0, 0.05) is 6.07 Å². The number of carbonyl (C=O) groups excluding carboxylic acids is 2. The Hall–Kier alpha value is -3.93. The van der Waals surface area contributed by atoms with Gasteiger partial charge in [-0.1, -0.05) is 24.3 Å². The molecule has 0 radical (unpaired) electrons. The number of fused-ring (bicyclic) bond motifs is 1. The highest BCUT2D eigenvalue weighted by Crippen LogP contribution is 2.35. The molecule has 0 spiro atoms. The minimum atomic E-state index is -0.589. The third kappa shape index (κ3) is 3.73. The van der Waals surface area contributed by atoms with Crippen molar-refractivity contribution in [2.75, 3.05) is 7.11 Å². The summed E-state index contributed by atoms with van der Waals surface area (Å²) in [4.78, 5) is 25.0. The van der Waals surface area contributed by atoms with E-state index in [9.17, 15) is 14.0 Å². The molecule has 3 aromatic rings. The van der Waals surface area contributed by atoms with Crippen LogP contribution in [0.4, 0.5) is 4.39 Å². The zero-order valence-corrected chi connectivity index (χ0v) is 15.3. The summed E-state index contributed by atoms with van der Waals surface area (Å²) in [6.07, 6.45) is 1.53. The van der Waals surface area contributed by atoms with Gasteiger partial charge in [0.2, 0.25) is 5.78 Å². The maximum Gasteiger partial charge on any atom is 0.347 e. The van der Waals surface area contributed by atoms with Crippen LogP contribution in [-0.4, -0.2) is 18.9 Å². The zero-order chi connectivity index (χ0) is 20.4. The van der Waals surface area contributed by atoms with Crippen molar-refractivity contribution in [1.82, 2.24) is 0 Å². The molecule has 0 saturated heterocycles. The standard InChI is InChI=1S/C23H15FO5/c1-27-19-5-3-2-4-18(19)23(26)28-16-10-11-17-20(13-16)29-21(22(17)25)12-14-6-8-15(24)9-7-14/h2-13H,1H3. The number of esters is 1. The molecule has 0 fully saturated rings. The number of ether oxygens (including phenoxy) is 3. The van der Waals surface area contributed by atoms with Gasteiger partial charge in [0.1, 0.15) is 28.6 Å². The lowest BCUT2D eigenvalue weighted by atomic mass is 10.1. The number of benzene rings is 3. The molecule has 0 amide bonds. The van der Waals surface area contributed by atoms with Crippen molar-refractivity contribution in [2.24, 2.45) is 0 Å². The van der Waals surface area contributed by atoms with Gasteiger partial charge in [-0.15, -0.1) is 0 Å². The minimum absolute atomic E-state index is 0.111. The van der Waals surface area contributed by atoms with Crippen LogP contribution < -0.4 is 14.2 Å². The topological polar surface area (TPSA) is 61.8 Å². The maximum absolute atomic E-state index is 13.0. The van der Waals surface area contributed by atoms with Crippen molar-refractivity contribution in [3.8, 4) is 17.2 Å². The molecule has 1 aliphatic rings. The van der Waals surface area contributed by atoms with Crippen molar-refractivity contribution in [1.29, 1.82) is 0 Å². The van der Waals surface area contributed by atoms with Crippen LogP contribution in [0.2, 0.25) is 0 Å². The van der Waals surface area contributed by atoms with Crippen LogP contribution in [0.1, 0.15) is 26.3 Å². The Morgan fingerprint density at radius 3 is 2.55 bits per heavy atom. The number of allylic oxidation sites excluding steroid dienone is 1. The summed E-state index contributed by atoms with van der Waals surface area (Å²) in [5, 5.41) is 0. The van der Waals surface area contributed by atoms with Gasteiger partial charge in [-0.05, 0) is 48.0 Å². The predicted octanol–water partition coefficient (Wildman–Crippen LogP) is 4.67. The van der Waals surface area contributed by atoms with Crippen molar-refractivity contribution in [3.63, 3.8) is 0 Å². The van der Waals surface area contributed by atoms with Gasteiger partial charge in [0.25, 0.3) is 0 Å². The molecule has 1 heterocycles. The summed E-state index contributed by atoms with van der Waals surface area (Å²) in [7, 11) is 1.47. The monoisotopic (exact) mass is 390 g/mol. The highest BCUT2D eigenvalue weighted by molar-refractivity contribution is 6.14. The molecular formula is C23H15FO5. The van der Waals surface area contributed by atoms with E-state index in [-0.39, 0.29) is 34.4 Å². The normalized spacial score (nSPS) is 13.7. The number of para-hydroxylation sites is 1. The fraction of sp³-hybridized carbons (Fsp3) is 0.0435. The van der Waals surface area contributed by atoms with E-state index in [1.807, 2.05) is 0 Å². The second-order valence-electron chi connectivity index (χ2n) is 6.24. The Labute approximate surface area is 166 Å². The molecule has 0 atom stereocenters. The van der Waals surface area contributed by atoms with Crippen LogP contribution in [0.3, 0.4) is 0 Å². The van der Waals surface area contributed by atoms with Gasteiger partial charge in [0.15, 0.2) is 5.76 Å². The highest BCUT2D eigenvalue weighted by atomic mass is 19.1. The second kappa shape index (κ2) is 7.59. The first-order chi connectivity index (χ1) is 14.0. The number of Topliss-reactive ketones (excluding diaryl/α,β-unsaturated/α-hetero) is 1. The predicted molar refractivity (Wildman–Crippen MR) is 104 cm³/mol. The second-order valence-corrected chi connectivity index (χ2v) is 6.24. The largest absolute Gasteiger partial charge is 0.496 e. The fourth-order valence-electron chi connectivity index (χ4n) is 2.92. The van der Waals surface area contributed by atoms with Crippen LogP contribution >= 0.6 is 0 Å². The average Bonchev–Trinajstić information content (AvgIpc) is 3.04. The van der Waals surface area contributed by atoms with Crippen LogP contribution in [-0.2, 0) is 0 Å². The third-order valence-corrected chi connectivity index (χ3v) is 4.35. The Kier molecular flexibility index (Phi) is 4.83. The fourth-order valence-corrected chi connectivity index (χ4v) is 2.92. The van der Waals surface area contributed by atoms with Crippen LogP contribution in [0, 0.1) is 5.82 Å². The van der Waals surface area contributed by atoms with Crippen molar-refractivity contribution < 1.29 is 28.2 Å². The number of methoxy groups -OCH3 is 1. The van der Waals surface area contributed by atoms with E-state index in [1.54, 1.807) is 36.4 Å². The van der Waals surface area contributed by atoms with Gasteiger partial charge in [-0.3, -0.25) is 4.79 Å². The van der Waals surface area contributed by atoms with Gasteiger partial charge in [-0.25, -0.2) is 9.18 Å². The molecular weight excluding hydrogens is 375 g/mol. The molecule has 0 aromatic heterocycles. The summed E-state index contributed by atoms with van der Waals surface area (Å²) >= 11 is 0. The quantitative estimate of drug-likeness (QED) is 0.368. The van der Waals surface area contributed by atoms with Crippen LogP contribution in [0.5, 0.6) is 17.2 Å². The van der Waals surface area contributed by atoms with Crippen molar-refractivity contribution >= 4 is 17.8 Å². The molecule has 144 valence electrons. The number of hydrogen-bond acceptors (Lipinski definition) is 5. The minimum Gasteiger partial charge on any atom is -0.496 e. The highest BCUT2D eigenvalue weighted by Gasteiger charge is 2.28. The van der Waals surface area contributed by atoms with E-state index in [2.05, 4.69) is 0 Å². The summed E-state index contributed by atoms with van der Waals surface area (Å²) in [5.74, 6) is -0.227. The first kappa shape index (κ1) is 18.4. The molecule has 6 heteroatoms. The lowest BCUT2D eigenvalue weighted by Gasteiger charge is -2.08. The molecule has 0 saturated carbocycles. The third-order valence-electron chi connectivity index (χ3n) is 4.35. The maximum atomic E-state index is 13.0. The smallest absolute Gasteiger partial charge is 0.347 e. The molecule has 5 nitrogen and oxygen atoms in total. The molecule has 4 rings (SSSR count). The number of halogens is 1. The zero-order valence-electron chi connectivity index (χ0n) is 15.3. The van der Waals surface area contributed by atoms with Crippen LogP contribution in [0.15, 0.2) is 72.5 Å². The molecule has 29 heavy (non-hydrogen) atoms. The Bertz CT molecular complexity index is 1130. The van der Waals surface area contributed by atoms with Gasteiger partial charge in [0.05, 0.1) is 12.7 Å². The molecule has 1 aliphatic heterocycles. The lowest BCUT2D eigenvalue weighted by molar-refractivity contribution is 0.0731. The molecule has 0 aliphatic carbocycles. The average molecular weight is 390 g/mol. The van der Waals surface area contributed by atoms with Gasteiger partial charge >= 0.3 is 5.97 Å². The number of rotatable bonds is 4. The van der Waals surface area contributed by atoms with Crippen LogP contribution in [0.25, 0.3) is 6.08 Å². The number of hydrogen-bond donors (Lipinski definition) is 0. The van der Waals surface area contributed by atoms with Gasteiger partial charge < -0.3 is 14.2 Å². The van der Waals surface area contributed by atoms with E-state index in [1.165, 1.54) is 43.5 Å². The SMILES string of the molecule is COc1ccccc1C(=O)Oc1ccc2c(c1)OC(=Cc1ccc(F)cc1)C2=O. The summed E-state index contributed by atoms with van der Waals surface area (Å²) in [6.45, 7) is 0. The first-order valence-electron chi connectivity index (χ1n) is 8.74. The molecule has 0 unspecified atom stereocenters. The number of ketones is 1. The molecule has 0 bridgehead atoms. The summed E-state index contributed by atoms with van der Waals surface area (Å²) in [5.41, 5.74) is 1.27. The van der Waals surface area contributed by atoms with Crippen molar-refractivity contribution in [2.45, 2.75) is 0 Å². The van der Waals surface area contributed by atoms with E-state index < -0.39 is 5.97 Å². The number of carbonyl (C=O) groups is 2. The van der Waals surface area contributed by atoms with Gasteiger partial charge in [-0.2, -0.15) is 0 Å².